The molecule has 0 aliphatic carbocycles. The topological polar surface area (TPSA) is 73.6 Å². The van der Waals surface area contributed by atoms with Crippen LogP contribution in [-0.4, -0.2) is 78.0 Å². The van der Waals surface area contributed by atoms with Gasteiger partial charge < -0.3 is 14.7 Å². The van der Waals surface area contributed by atoms with E-state index in [4.69, 9.17) is 0 Å². The van der Waals surface area contributed by atoms with E-state index >= 15 is 0 Å². The highest BCUT2D eigenvalue weighted by Gasteiger charge is 2.30. The molecular weight excluding hydrogens is 332 g/mol. The van der Waals surface area contributed by atoms with Crippen molar-refractivity contribution in [1.82, 2.24) is 24.6 Å². The quantitative estimate of drug-likeness (QED) is 0.816. The van der Waals surface area contributed by atoms with Crippen LogP contribution < -0.4 is 14.7 Å². The van der Waals surface area contributed by atoms with E-state index in [1.54, 1.807) is 22.3 Å². The number of anilines is 3. The SMILES string of the molecule is CN1CCN(c2cnn(C3CCN(c4cc(N(C)C)ncn4)C3)c2)C1=O. The van der Waals surface area contributed by atoms with Crippen molar-refractivity contribution in [3.63, 3.8) is 0 Å². The van der Waals surface area contributed by atoms with Gasteiger partial charge in [0.25, 0.3) is 0 Å². The highest BCUT2D eigenvalue weighted by Crippen LogP contribution is 2.28. The Morgan fingerprint density at radius 2 is 2.04 bits per heavy atom. The van der Waals surface area contributed by atoms with E-state index < -0.39 is 0 Å². The van der Waals surface area contributed by atoms with E-state index in [0.717, 1.165) is 43.4 Å². The third kappa shape index (κ3) is 2.93. The average molecular weight is 356 g/mol. The lowest BCUT2D eigenvalue weighted by atomic mass is 10.3. The summed E-state index contributed by atoms with van der Waals surface area (Å²) in [5.41, 5.74) is 0.870. The summed E-state index contributed by atoms with van der Waals surface area (Å²) in [4.78, 5) is 28.6. The number of aromatic nitrogens is 4. The molecule has 2 aliphatic rings. The minimum Gasteiger partial charge on any atom is -0.363 e. The molecule has 0 saturated carbocycles. The van der Waals surface area contributed by atoms with Crippen molar-refractivity contribution >= 4 is 23.4 Å². The lowest BCUT2D eigenvalue weighted by molar-refractivity contribution is 0.229. The number of rotatable bonds is 4. The molecule has 2 aromatic rings. The Hall–Kier alpha value is -2.84. The van der Waals surface area contributed by atoms with E-state index in [1.807, 2.05) is 43.0 Å². The number of carbonyl (C=O) groups excluding carboxylic acids is 1. The molecule has 4 heterocycles. The molecule has 2 aromatic heterocycles. The molecule has 0 N–H and O–H groups in total. The molecule has 2 aliphatic heterocycles. The molecule has 0 radical (unpaired) electrons. The predicted octanol–water partition coefficient (Wildman–Crippen LogP) is 1.06. The first-order chi connectivity index (χ1) is 12.5. The van der Waals surface area contributed by atoms with Crippen LogP contribution >= 0.6 is 0 Å². The molecule has 138 valence electrons. The van der Waals surface area contributed by atoms with Gasteiger partial charge in [-0.2, -0.15) is 5.10 Å². The smallest absolute Gasteiger partial charge is 0.324 e. The monoisotopic (exact) mass is 356 g/mol. The minimum atomic E-state index is 0.0369. The van der Waals surface area contributed by atoms with Gasteiger partial charge in [-0.25, -0.2) is 14.8 Å². The number of likely N-dealkylation sites (N-methyl/N-ethyl adjacent to an activating group) is 1. The van der Waals surface area contributed by atoms with E-state index in [1.165, 1.54) is 0 Å². The molecule has 2 fully saturated rings. The summed E-state index contributed by atoms with van der Waals surface area (Å²) in [7, 11) is 5.77. The van der Waals surface area contributed by atoms with Crippen LogP contribution in [0.3, 0.4) is 0 Å². The Morgan fingerprint density at radius 3 is 2.77 bits per heavy atom. The average Bonchev–Trinajstić information content (AvgIpc) is 3.36. The summed E-state index contributed by atoms with van der Waals surface area (Å²) in [6, 6.07) is 2.32. The second-order valence-corrected chi connectivity index (χ2v) is 7.05. The Morgan fingerprint density at radius 1 is 1.19 bits per heavy atom. The fourth-order valence-electron chi connectivity index (χ4n) is 3.47. The molecule has 2 amide bonds. The van der Waals surface area contributed by atoms with Crippen LogP contribution in [0.1, 0.15) is 12.5 Å². The number of amides is 2. The van der Waals surface area contributed by atoms with Crippen molar-refractivity contribution in [3.05, 3.63) is 24.8 Å². The third-order valence-electron chi connectivity index (χ3n) is 5.07. The van der Waals surface area contributed by atoms with Gasteiger partial charge in [-0.1, -0.05) is 0 Å². The fourth-order valence-corrected chi connectivity index (χ4v) is 3.47. The minimum absolute atomic E-state index is 0.0369. The maximum Gasteiger partial charge on any atom is 0.324 e. The molecule has 9 nitrogen and oxygen atoms in total. The Balaban J connectivity index is 1.46. The zero-order valence-corrected chi connectivity index (χ0v) is 15.4. The highest BCUT2D eigenvalue weighted by molar-refractivity contribution is 5.93. The zero-order valence-electron chi connectivity index (χ0n) is 15.4. The van der Waals surface area contributed by atoms with Gasteiger partial charge >= 0.3 is 6.03 Å². The summed E-state index contributed by atoms with van der Waals surface area (Å²) in [5.74, 6) is 1.84. The Bertz CT molecular complexity index is 804. The van der Waals surface area contributed by atoms with Crippen molar-refractivity contribution in [1.29, 1.82) is 0 Å². The van der Waals surface area contributed by atoms with Crippen LogP contribution in [0.5, 0.6) is 0 Å². The van der Waals surface area contributed by atoms with E-state index in [9.17, 15) is 4.79 Å². The van der Waals surface area contributed by atoms with E-state index in [0.29, 0.717) is 6.54 Å². The van der Waals surface area contributed by atoms with Gasteiger partial charge in [-0.05, 0) is 6.42 Å². The van der Waals surface area contributed by atoms with Crippen molar-refractivity contribution in [3.8, 4) is 0 Å². The molecular formula is C17H24N8O. The van der Waals surface area contributed by atoms with Gasteiger partial charge in [-0.15, -0.1) is 0 Å². The normalized spacial score (nSPS) is 20.3. The van der Waals surface area contributed by atoms with Crippen LogP contribution in [0.2, 0.25) is 0 Å². The molecule has 0 bridgehead atoms. The van der Waals surface area contributed by atoms with Gasteiger partial charge in [0.05, 0.1) is 17.9 Å². The highest BCUT2D eigenvalue weighted by atomic mass is 16.2. The molecule has 1 atom stereocenters. The second kappa shape index (κ2) is 6.47. The van der Waals surface area contributed by atoms with Crippen molar-refractivity contribution in [2.24, 2.45) is 0 Å². The Kier molecular flexibility index (Phi) is 4.14. The summed E-state index contributed by atoms with van der Waals surface area (Å²) < 4.78 is 1.98. The van der Waals surface area contributed by atoms with E-state index in [-0.39, 0.29) is 12.1 Å². The number of nitrogens with zero attached hydrogens (tertiary/aromatic N) is 8. The van der Waals surface area contributed by atoms with Crippen LogP contribution in [-0.2, 0) is 0 Å². The third-order valence-corrected chi connectivity index (χ3v) is 5.07. The van der Waals surface area contributed by atoms with Gasteiger partial charge in [0.1, 0.15) is 18.0 Å². The lowest BCUT2D eigenvalue weighted by Gasteiger charge is -2.19. The fraction of sp³-hybridized carbons (Fsp3) is 0.529. The van der Waals surface area contributed by atoms with E-state index in [2.05, 4.69) is 20.0 Å². The second-order valence-electron chi connectivity index (χ2n) is 7.05. The van der Waals surface area contributed by atoms with Gasteiger partial charge in [-0.3, -0.25) is 9.58 Å². The van der Waals surface area contributed by atoms with Crippen molar-refractivity contribution in [2.75, 3.05) is 62.0 Å². The number of urea groups is 1. The summed E-state index contributed by atoms with van der Waals surface area (Å²) >= 11 is 0. The number of carbonyl (C=O) groups is 1. The summed E-state index contributed by atoms with van der Waals surface area (Å²) in [5, 5.41) is 4.51. The van der Waals surface area contributed by atoms with Crippen molar-refractivity contribution in [2.45, 2.75) is 12.5 Å². The standard InChI is InChI=1S/C17H24N8O/c1-21(2)15-8-16(19-12-18-15)23-5-4-13(10-23)25-11-14(9-20-25)24-7-6-22(3)17(24)26/h8-9,11-13H,4-7,10H2,1-3H3. The lowest BCUT2D eigenvalue weighted by Crippen LogP contribution is -2.28. The Labute approximate surface area is 152 Å². The number of hydrogen-bond donors (Lipinski definition) is 0. The molecule has 4 rings (SSSR count). The molecule has 2 saturated heterocycles. The first-order valence-corrected chi connectivity index (χ1v) is 8.84. The van der Waals surface area contributed by atoms with Crippen LogP contribution in [0.25, 0.3) is 0 Å². The molecule has 1 unspecified atom stereocenters. The maximum atomic E-state index is 12.1. The van der Waals surface area contributed by atoms with Crippen molar-refractivity contribution < 1.29 is 4.79 Å². The number of hydrogen-bond acceptors (Lipinski definition) is 6. The molecule has 0 aromatic carbocycles. The molecule has 0 spiro atoms. The van der Waals surface area contributed by atoms with Crippen LogP contribution in [0.15, 0.2) is 24.8 Å². The van der Waals surface area contributed by atoms with Gasteiger partial charge in [0.15, 0.2) is 0 Å². The van der Waals surface area contributed by atoms with Gasteiger partial charge in [0, 0.05) is 59.6 Å². The summed E-state index contributed by atoms with van der Waals surface area (Å²) in [6.45, 7) is 3.24. The molecule has 26 heavy (non-hydrogen) atoms. The predicted molar refractivity (Wildman–Crippen MR) is 99.8 cm³/mol. The first kappa shape index (κ1) is 16.6. The van der Waals surface area contributed by atoms with Crippen LogP contribution in [0, 0.1) is 0 Å². The molecule has 9 heteroatoms. The largest absolute Gasteiger partial charge is 0.363 e. The van der Waals surface area contributed by atoms with Crippen LogP contribution in [0.4, 0.5) is 22.1 Å². The zero-order chi connectivity index (χ0) is 18.3. The van der Waals surface area contributed by atoms with Gasteiger partial charge in [0.2, 0.25) is 0 Å². The first-order valence-electron chi connectivity index (χ1n) is 8.84. The maximum absolute atomic E-state index is 12.1. The summed E-state index contributed by atoms with van der Waals surface area (Å²) in [6.07, 6.45) is 6.38.